The van der Waals surface area contributed by atoms with Crippen LogP contribution in [0.2, 0.25) is 5.15 Å². The van der Waals surface area contributed by atoms with E-state index in [0.717, 1.165) is 29.5 Å². The summed E-state index contributed by atoms with van der Waals surface area (Å²) >= 11 is 5.94. The van der Waals surface area contributed by atoms with Gasteiger partial charge in [0.25, 0.3) is 0 Å². The second-order valence-electron chi connectivity index (χ2n) is 3.66. The van der Waals surface area contributed by atoms with Gasteiger partial charge in [0.1, 0.15) is 17.2 Å². The first-order valence-corrected chi connectivity index (χ1v) is 5.27. The maximum Gasteiger partial charge on any atom is 0.140 e. The van der Waals surface area contributed by atoms with Gasteiger partial charge in [-0.3, -0.25) is 0 Å². The van der Waals surface area contributed by atoms with Crippen LogP contribution in [0, 0.1) is 0 Å². The predicted molar refractivity (Wildman–Crippen MR) is 58.2 cm³/mol. The lowest BCUT2D eigenvalue weighted by molar-refractivity contribution is 0.303. The quantitative estimate of drug-likeness (QED) is 0.730. The number of benzene rings is 1. The van der Waals surface area contributed by atoms with E-state index in [-0.39, 0.29) is 0 Å². The highest BCUT2D eigenvalue weighted by Crippen LogP contribution is 2.29. The van der Waals surface area contributed by atoms with Gasteiger partial charge in [-0.2, -0.15) is 0 Å². The number of nitrogens with zero attached hydrogens (tertiary/aromatic N) is 2. The Balaban J connectivity index is 2.05. The smallest absolute Gasteiger partial charge is 0.140 e. The van der Waals surface area contributed by atoms with Gasteiger partial charge in [-0.05, 0) is 25.0 Å². The third kappa shape index (κ3) is 1.75. The molecule has 0 aliphatic heterocycles. The summed E-state index contributed by atoms with van der Waals surface area (Å²) < 4.78 is 5.67. The largest absolute Gasteiger partial charge is 0.490 e. The van der Waals surface area contributed by atoms with Crippen LogP contribution in [0.4, 0.5) is 0 Å². The van der Waals surface area contributed by atoms with Crippen molar-refractivity contribution in [3.8, 4) is 5.75 Å². The van der Waals surface area contributed by atoms with Crippen LogP contribution in [0.1, 0.15) is 12.8 Å². The molecule has 0 bridgehead atoms. The number of fused-ring (bicyclic) bond motifs is 1. The minimum Gasteiger partial charge on any atom is -0.490 e. The molecule has 1 aromatic carbocycles. The van der Waals surface area contributed by atoms with E-state index in [9.17, 15) is 0 Å². The molecule has 1 aliphatic rings. The van der Waals surface area contributed by atoms with Crippen LogP contribution >= 0.6 is 11.6 Å². The predicted octanol–water partition coefficient (Wildman–Crippen LogP) is 2.82. The number of rotatable bonds is 2. The van der Waals surface area contributed by atoms with E-state index in [4.69, 9.17) is 16.3 Å². The highest BCUT2D eigenvalue weighted by molar-refractivity contribution is 6.34. The Kier molecular flexibility index (Phi) is 1.99. The summed E-state index contributed by atoms with van der Waals surface area (Å²) in [5.74, 6) is 0.861. The first kappa shape index (κ1) is 8.92. The summed E-state index contributed by atoms with van der Waals surface area (Å²) in [4.78, 5) is 8.08. The number of ether oxygens (including phenoxy) is 1. The van der Waals surface area contributed by atoms with Gasteiger partial charge in [0.05, 0.1) is 11.6 Å². The van der Waals surface area contributed by atoms with Crippen LogP contribution in [0.5, 0.6) is 5.75 Å². The van der Waals surface area contributed by atoms with Gasteiger partial charge < -0.3 is 4.74 Å². The average molecular weight is 221 g/mol. The molecule has 0 saturated heterocycles. The number of halogens is 1. The topological polar surface area (TPSA) is 35.0 Å². The molecular weight excluding hydrogens is 212 g/mol. The van der Waals surface area contributed by atoms with Crippen molar-refractivity contribution in [3.63, 3.8) is 0 Å². The summed E-state index contributed by atoms with van der Waals surface area (Å²) in [6.07, 6.45) is 4.18. The van der Waals surface area contributed by atoms with Gasteiger partial charge in [-0.25, -0.2) is 9.97 Å². The lowest BCUT2D eigenvalue weighted by Crippen LogP contribution is -1.95. The van der Waals surface area contributed by atoms with Crippen molar-refractivity contribution >= 4 is 22.5 Å². The molecule has 0 radical (unpaired) electrons. The lowest BCUT2D eigenvalue weighted by Gasteiger charge is -2.05. The van der Waals surface area contributed by atoms with Crippen molar-refractivity contribution in [2.45, 2.75) is 18.9 Å². The van der Waals surface area contributed by atoms with Crippen molar-refractivity contribution in [2.75, 3.05) is 0 Å². The van der Waals surface area contributed by atoms with Crippen molar-refractivity contribution in [2.24, 2.45) is 0 Å². The summed E-state index contributed by atoms with van der Waals surface area (Å²) in [7, 11) is 0. The zero-order chi connectivity index (χ0) is 10.3. The number of aromatic nitrogens is 2. The van der Waals surface area contributed by atoms with Gasteiger partial charge in [0, 0.05) is 11.5 Å². The third-order valence-electron chi connectivity index (χ3n) is 2.39. The highest BCUT2D eigenvalue weighted by Gasteiger charge is 2.23. The van der Waals surface area contributed by atoms with E-state index in [2.05, 4.69) is 9.97 Å². The fourth-order valence-corrected chi connectivity index (χ4v) is 1.66. The Hall–Kier alpha value is -1.35. The first-order chi connectivity index (χ1) is 7.33. The molecule has 0 spiro atoms. The molecule has 1 heterocycles. The maximum atomic E-state index is 5.94. The minimum atomic E-state index is 0.403. The van der Waals surface area contributed by atoms with E-state index in [1.54, 1.807) is 0 Å². The van der Waals surface area contributed by atoms with E-state index in [1.807, 2.05) is 18.2 Å². The van der Waals surface area contributed by atoms with Crippen molar-refractivity contribution < 1.29 is 4.74 Å². The Labute approximate surface area is 92.1 Å². The van der Waals surface area contributed by atoms with E-state index >= 15 is 0 Å². The second-order valence-corrected chi connectivity index (χ2v) is 4.02. The normalized spacial score (nSPS) is 15.5. The minimum absolute atomic E-state index is 0.403. The van der Waals surface area contributed by atoms with Crippen LogP contribution in [0.25, 0.3) is 10.9 Å². The van der Waals surface area contributed by atoms with Crippen molar-refractivity contribution in [1.82, 2.24) is 9.97 Å². The Morgan fingerprint density at radius 1 is 1.27 bits per heavy atom. The fraction of sp³-hybridized carbons (Fsp3) is 0.273. The van der Waals surface area contributed by atoms with Crippen LogP contribution < -0.4 is 4.74 Å². The Morgan fingerprint density at radius 2 is 2.13 bits per heavy atom. The Morgan fingerprint density at radius 3 is 2.93 bits per heavy atom. The molecule has 0 unspecified atom stereocenters. The van der Waals surface area contributed by atoms with Gasteiger partial charge in [-0.1, -0.05) is 11.6 Å². The number of hydrogen-bond donors (Lipinski definition) is 0. The second kappa shape index (κ2) is 3.35. The van der Waals surface area contributed by atoms with Gasteiger partial charge in [-0.15, -0.1) is 0 Å². The van der Waals surface area contributed by atoms with Gasteiger partial charge in [0.15, 0.2) is 0 Å². The van der Waals surface area contributed by atoms with E-state index < -0.39 is 0 Å². The Bertz CT molecular complexity index is 511. The summed E-state index contributed by atoms with van der Waals surface area (Å²) in [5.41, 5.74) is 0.827. The summed E-state index contributed by atoms with van der Waals surface area (Å²) in [6.45, 7) is 0. The molecule has 1 fully saturated rings. The van der Waals surface area contributed by atoms with Gasteiger partial charge >= 0.3 is 0 Å². The van der Waals surface area contributed by atoms with E-state index in [1.165, 1.54) is 6.33 Å². The monoisotopic (exact) mass is 220 g/mol. The van der Waals surface area contributed by atoms with Gasteiger partial charge in [0.2, 0.25) is 0 Å². The molecule has 1 aromatic heterocycles. The maximum absolute atomic E-state index is 5.94. The SMILES string of the molecule is Clc1ncnc2cc(OC3CC3)ccc12. The zero-order valence-corrected chi connectivity index (χ0v) is 8.74. The average Bonchev–Trinajstić information content (AvgIpc) is 3.02. The van der Waals surface area contributed by atoms with Crippen LogP contribution in [0.15, 0.2) is 24.5 Å². The fourth-order valence-electron chi connectivity index (χ4n) is 1.46. The molecule has 3 rings (SSSR count). The third-order valence-corrected chi connectivity index (χ3v) is 2.69. The van der Waals surface area contributed by atoms with Crippen LogP contribution in [-0.4, -0.2) is 16.1 Å². The van der Waals surface area contributed by atoms with Crippen molar-refractivity contribution in [3.05, 3.63) is 29.7 Å². The summed E-state index contributed by atoms with van der Waals surface area (Å²) in [6, 6.07) is 5.71. The first-order valence-electron chi connectivity index (χ1n) is 4.90. The van der Waals surface area contributed by atoms with Crippen LogP contribution in [0.3, 0.4) is 0 Å². The summed E-state index contributed by atoms with van der Waals surface area (Å²) in [5, 5.41) is 1.35. The van der Waals surface area contributed by atoms with E-state index in [0.29, 0.717) is 11.3 Å². The molecular formula is C11H9ClN2O. The van der Waals surface area contributed by atoms with Crippen molar-refractivity contribution in [1.29, 1.82) is 0 Å². The standard InChI is InChI=1S/C11H9ClN2O/c12-11-9-4-3-8(15-7-1-2-7)5-10(9)13-6-14-11/h3-7H,1-2H2. The molecule has 2 aromatic rings. The zero-order valence-electron chi connectivity index (χ0n) is 7.98. The molecule has 15 heavy (non-hydrogen) atoms. The van der Waals surface area contributed by atoms with Crippen LogP contribution in [-0.2, 0) is 0 Å². The molecule has 0 atom stereocenters. The molecule has 76 valence electrons. The molecule has 0 amide bonds. The molecule has 1 saturated carbocycles. The molecule has 3 nitrogen and oxygen atoms in total. The molecule has 4 heteroatoms. The lowest BCUT2D eigenvalue weighted by atomic mass is 10.2. The highest BCUT2D eigenvalue weighted by atomic mass is 35.5. The number of hydrogen-bond acceptors (Lipinski definition) is 3. The molecule has 1 aliphatic carbocycles. The molecule has 0 N–H and O–H groups in total.